The predicted molar refractivity (Wildman–Crippen MR) is 152 cm³/mol. The lowest BCUT2D eigenvalue weighted by molar-refractivity contribution is -0.142. The van der Waals surface area contributed by atoms with Crippen molar-refractivity contribution in [1.29, 1.82) is 0 Å². The van der Waals surface area contributed by atoms with E-state index in [-0.39, 0.29) is 25.7 Å². The highest BCUT2D eigenvalue weighted by atomic mass is 36.0. The Labute approximate surface area is 258 Å². The molecule has 0 unspecified atom stereocenters. The highest BCUT2D eigenvalue weighted by Crippen LogP contribution is 2.33. The summed E-state index contributed by atoms with van der Waals surface area (Å²) in [6, 6.07) is 14.0. The molecule has 0 bridgehead atoms. The van der Waals surface area contributed by atoms with Gasteiger partial charge in [-0.05, 0) is 47.5 Å². The van der Waals surface area contributed by atoms with Crippen molar-refractivity contribution in [3.05, 3.63) is 106 Å². The number of benzene rings is 2. The Bertz CT molecular complexity index is 1470. The fourth-order valence-electron chi connectivity index (χ4n) is 3.03. The molecule has 0 radical (unpaired) electrons. The van der Waals surface area contributed by atoms with Crippen molar-refractivity contribution >= 4 is 53.8 Å². The molecule has 0 aliphatic carbocycles. The van der Waals surface area contributed by atoms with Gasteiger partial charge in [0, 0.05) is 27.2 Å². The molecule has 0 amide bonds. The number of hydrogen-bond donors (Lipinski definition) is 1. The maximum Gasteiger partial charge on any atom is 0.435 e. The molecule has 0 saturated carbocycles. The number of hydrogen-bond acceptors (Lipinski definition) is 4. The van der Waals surface area contributed by atoms with Crippen molar-refractivity contribution in [2.24, 2.45) is 0 Å². The van der Waals surface area contributed by atoms with Crippen LogP contribution in [0.5, 0.6) is 0 Å². The topological polar surface area (TPSA) is 81.7 Å². The number of aromatic nitrogens is 4. The van der Waals surface area contributed by atoms with E-state index in [1.807, 2.05) is 0 Å². The fraction of sp³-hybridized carbons (Fsp3) is 0.200. The molecule has 230 valence electrons. The summed E-state index contributed by atoms with van der Waals surface area (Å²) >= 11 is 5.63. The number of halogens is 9. The van der Waals surface area contributed by atoms with Gasteiger partial charge >= 0.3 is 12.4 Å². The molecule has 2 aromatic heterocycles. The van der Waals surface area contributed by atoms with Crippen LogP contribution >= 0.6 is 33.0 Å². The largest absolute Gasteiger partial charge is 0.435 e. The van der Waals surface area contributed by atoms with Crippen LogP contribution in [0.15, 0.2) is 60.7 Å². The van der Waals surface area contributed by atoms with E-state index >= 15 is 0 Å². The molecule has 0 spiro atoms. The van der Waals surface area contributed by atoms with Crippen LogP contribution in [0.25, 0.3) is 21.1 Å². The first-order valence-electron chi connectivity index (χ1n) is 10.8. The molecule has 1 N–H and O–H groups in total. The van der Waals surface area contributed by atoms with Gasteiger partial charge < -0.3 is 14.8 Å². The van der Waals surface area contributed by atoms with E-state index in [1.54, 1.807) is 36.4 Å². The minimum atomic E-state index is -4.59. The second-order valence-corrected chi connectivity index (χ2v) is 10.4. The van der Waals surface area contributed by atoms with Gasteiger partial charge in [-0.3, -0.25) is 0 Å². The maximum atomic E-state index is 12.6. The van der Waals surface area contributed by atoms with Gasteiger partial charge in [0.15, 0.2) is 11.4 Å². The summed E-state index contributed by atoms with van der Waals surface area (Å²) in [7, 11) is 7.36. The molecular formula is C25H19Cl3F6N6O2S. The summed E-state index contributed by atoms with van der Waals surface area (Å²) < 4.78 is 86.3. The molecule has 0 atom stereocenters. The highest BCUT2D eigenvalue weighted by molar-refractivity contribution is 8.26. The van der Waals surface area contributed by atoms with Crippen LogP contribution < -0.4 is 0 Å². The van der Waals surface area contributed by atoms with E-state index < -0.39 is 33.0 Å². The van der Waals surface area contributed by atoms with E-state index in [0.717, 1.165) is 21.0 Å². The minimum absolute atomic E-state index is 0. The van der Waals surface area contributed by atoms with Gasteiger partial charge in [-0.2, -0.15) is 35.7 Å². The van der Waals surface area contributed by atoms with Crippen molar-refractivity contribution in [3.8, 4) is 11.4 Å². The molecule has 43 heavy (non-hydrogen) atoms. The van der Waals surface area contributed by atoms with E-state index in [1.165, 1.54) is 12.1 Å². The quantitative estimate of drug-likeness (QED) is 0.101. The van der Waals surface area contributed by atoms with Gasteiger partial charge in [0.2, 0.25) is 9.23 Å². The van der Waals surface area contributed by atoms with Gasteiger partial charge in [-0.25, -0.2) is 4.21 Å². The molecule has 4 rings (SSSR count). The molecule has 2 aromatic carbocycles. The van der Waals surface area contributed by atoms with Crippen LogP contribution in [0.4, 0.5) is 38.0 Å². The van der Waals surface area contributed by atoms with Crippen LogP contribution in [0.2, 0.25) is 0 Å². The fourth-order valence-corrected chi connectivity index (χ4v) is 3.21. The van der Waals surface area contributed by atoms with Crippen molar-refractivity contribution in [3.63, 3.8) is 0 Å². The molecular weight excluding hydrogens is 669 g/mol. The summed E-state index contributed by atoms with van der Waals surface area (Å²) in [5.74, 6) is -0.0990. The number of aliphatic hydroxyl groups is 1. The first kappa shape index (κ1) is 37.4. The van der Waals surface area contributed by atoms with E-state index in [0.29, 0.717) is 28.9 Å². The molecule has 8 nitrogen and oxygen atoms in total. The van der Waals surface area contributed by atoms with Crippen molar-refractivity contribution in [1.82, 2.24) is 19.6 Å². The average molecular weight is 688 g/mol. The van der Waals surface area contributed by atoms with Crippen LogP contribution in [-0.2, 0) is 34.1 Å². The molecule has 0 aliphatic rings. The Morgan fingerprint density at radius 3 is 1.35 bits per heavy atom. The minimum Gasteiger partial charge on any atom is -0.392 e. The summed E-state index contributed by atoms with van der Waals surface area (Å²) in [4.78, 5) is 6.07. The smallest absolute Gasteiger partial charge is 0.392 e. The Kier molecular flexibility index (Phi) is 14.2. The molecule has 0 aliphatic heterocycles. The summed E-state index contributed by atoms with van der Waals surface area (Å²) in [6.45, 7) is 13.6. The molecule has 2 heterocycles. The zero-order valence-corrected chi connectivity index (χ0v) is 23.6. The van der Waals surface area contributed by atoms with Gasteiger partial charge in [-0.15, -0.1) is 11.6 Å². The summed E-state index contributed by atoms with van der Waals surface area (Å²) in [5.41, 5.74) is -0.0204. The second kappa shape index (κ2) is 16.3. The first-order valence-corrected chi connectivity index (χ1v) is 14.2. The van der Waals surface area contributed by atoms with Gasteiger partial charge in [0.05, 0.1) is 6.61 Å². The van der Waals surface area contributed by atoms with E-state index in [9.17, 15) is 26.3 Å². The van der Waals surface area contributed by atoms with Crippen molar-refractivity contribution in [2.45, 2.75) is 32.3 Å². The van der Waals surface area contributed by atoms with Crippen LogP contribution in [0.1, 0.15) is 29.9 Å². The van der Waals surface area contributed by atoms with E-state index in [4.69, 9.17) is 34.1 Å². The predicted octanol–water partition coefficient (Wildman–Crippen LogP) is 8.79. The zero-order valence-electron chi connectivity index (χ0n) is 20.5. The number of rotatable bonds is 4. The monoisotopic (exact) mass is 686 g/mol. The molecule has 0 saturated heterocycles. The Morgan fingerprint density at radius 2 is 1.09 bits per heavy atom. The third-order valence-corrected chi connectivity index (χ3v) is 5.20. The van der Waals surface area contributed by atoms with Crippen LogP contribution in [0.3, 0.4) is 0 Å². The maximum absolute atomic E-state index is 12.6. The van der Waals surface area contributed by atoms with Crippen molar-refractivity contribution in [2.75, 3.05) is 0 Å². The zero-order chi connectivity index (χ0) is 31.7. The standard InChI is InChI=1S/C12H7ClF3N3.C12H8F3N3O.CH4.Cl2OS/c1-17-11-6-10(12(14,15)16)18-19(11)9-4-2-8(7-13)3-5-9;1-16-11-6-10(12(13,14)15)17-18(11)9-4-2-8(7-19)3-5-9;;1-4(2)3/h2-6H,7H2;2-6,19H,7H2;1H4;. The highest BCUT2D eigenvalue weighted by Gasteiger charge is 2.37. The number of aliphatic hydroxyl groups excluding tert-OH is 1. The van der Waals surface area contributed by atoms with Crippen molar-refractivity contribution < 1.29 is 35.7 Å². The lowest BCUT2D eigenvalue weighted by Gasteiger charge is -2.01. The lowest BCUT2D eigenvalue weighted by atomic mass is 10.2. The summed E-state index contributed by atoms with van der Waals surface area (Å²) in [5, 5.41) is 15.7. The van der Waals surface area contributed by atoms with Crippen LogP contribution in [0, 0.1) is 13.1 Å². The van der Waals surface area contributed by atoms with Gasteiger partial charge in [0.25, 0.3) is 11.6 Å². The Balaban J connectivity index is 0.000000375. The number of nitrogens with zero attached hydrogens (tertiary/aromatic N) is 6. The summed E-state index contributed by atoms with van der Waals surface area (Å²) in [6.07, 6.45) is -9.16. The average Bonchev–Trinajstić information content (AvgIpc) is 3.58. The third-order valence-electron chi connectivity index (χ3n) is 4.89. The van der Waals surface area contributed by atoms with Gasteiger partial charge in [0.1, 0.15) is 11.4 Å². The number of alkyl halides is 7. The lowest BCUT2D eigenvalue weighted by Crippen LogP contribution is -2.07. The first-order chi connectivity index (χ1) is 19.6. The SMILES string of the molecule is C.O=S(Cl)Cl.[C-]#[N+]c1cc(C(F)(F)F)nn1-c1ccc(CCl)cc1.[C-]#[N+]c1cc(C(F)(F)F)nn1-c1ccc(CO)cc1. The second-order valence-electron chi connectivity index (χ2n) is 7.63. The van der Waals surface area contributed by atoms with E-state index in [2.05, 4.69) is 41.3 Å². The molecule has 18 heteroatoms. The Morgan fingerprint density at radius 1 is 0.767 bits per heavy atom. The Hall–Kier alpha value is -3.60. The third kappa shape index (κ3) is 10.9. The van der Waals surface area contributed by atoms with Gasteiger partial charge in [-0.1, -0.05) is 55.0 Å². The normalized spacial score (nSPS) is 10.8. The van der Waals surface area contributed by atoms with Crippen LogP contribution in [-0.4, -0.2) is 28.9 Å². The molecule has 4 aromatic rings. The molecule has 0 fully saturated rings.